The molecule has 2 aliphatic rings. The first-order valence-electron chi connectivity index (χ1n) is 10.8. The van der Waals surface area contributed by atoms with E-state index >= 15 is 0 Å². The fourth-order valence-electron chi connectivity index (χ4n) is 4.58. The van der Waals surface area contributed by atoms with E-state index in [0.717, 1.165) is 63.2 Å². The van der Waals surface area contributed by atoms with Crippen LogP contribution in [0.1, 0.15) is 58.1 Å². The monoisotopic (exact) mass is 395 g/mol. The molecule has 0 spiro atoms. The molecule has 0 N–H and O–H groups in total. The second kappa shape index (κ2) is 8.23. The second-order valence-electron chi connectivity index (χ2n) is 9.32. The van der Waals surface area contributed by atoms with Gasteiger partial charge in [-0.1, -0.05) is 0 Å². The summed E-state index contributed by atoms with van der Waals surface area (Å²) < 4.78 is 8.37. The van der Waals surface area contributed by atoms with Gasteiger partial charge in [0.2, 0.25) is 6.41 Å². The molecule has 1 aromatic carbocycles. The van der Waals surface area contributed by atoms with Crippen molar-refractivity contribution in [1.82, 2.24) is 14.4 Å². The molecule has 1 aromatic heterocycles. The van der Waals surface area contributed by atoms with Crippen molar-refractivity contribution < 1.29 is 9.53 Å². The number of carbonyl (C=O) groups is 1. The Morgan fingerprint density at radius 2 is 1.72 bits per heavy atom. The smallest absolute Gasteiger partial charge is 0.210 e. The van der Waals surface area contributed by atoms with E-state index in [1.807, 2.05) is 4.90 Å². The number of rotatable bonds is 5. The summed E-state index contributed by atoms with van der Waals surface area (Å²) in [6, 6.07) is 10.7. The van der Waals surface area contributed by atoms with Crippen molar-refractivity contribution in [1.29, 1.82) is 0 Å². The molecule has 2 saturated heterocycles. The number of nitrogens with zero attached hydrogens (tertiary/aromatic N) is 3. The molecule has 2 fully saturated rings. The number of likely N-dealkylation sites (tertiary alicyclic amines) is 2. The molecule has 29 heavy (non-hydrogen) atoms. The highest BCUT2D eigenvalue weighted by molar-refractivity contribution is 5.50. The molecule has 1 atom stereocenters. The second-order valence-corrected chi connectivity index (χ2v) is 9.32. The molecular weight excluding hydrogens is 362 g/mol. The lowest BCUT2D eigenvalue weighted by atomic mass is 9.99. The normalized spacial score (nSPS) is 21.5. The van der Waals surface area contributed by atoms with E-state index in [9.17, 15) is 4.79 Å². The van der Waals surface area contributed by atoms with Gasteiger partial charge in [0.1, 0.15) is 11.9 Å². The third-order valence-electron chi connectivity index (χ3n) is 6.36. The Hall–Kier alpha value is -2.27. The van der Waals surface area contributed by atoms with Crippen LogP contribution in [0, 0.1) is 0 Å². The molecule has 1 unspecified atom stereocenters. The summed E-state index contributed by atoms with van der Waals surface area (Å²) in [5, 5.41) is 0. The summed E-state index contributed by atoms with van der Waals surface area (Å²) in [5.74, 6) is 0.943. The highest BCUT2D eigenvalue weighted by Gasteiger charge is 2.28. The molecule has 0 radical (unpaired) electrons. The molecule has 0 aliphatic carbocycles. The molecule has 3 heterocycles. The molecule has 5 nitrogen and oxygen atoms in total. The Bertz CT molecular complexity index is 813. The van der Waals surface area contributed by atoms with Crippen LogP contribution in [0.3, 0.4) is 0 Å². The molecule has 2 aliphatic heterocycles. The van der Waals surface area contributed by atoms with E-state index in [2.05, 4.69) is 73.0 Å². The quantitative estimate of drug-likeness (QED) is 0.704. The van der Waals surface area contributed by atoms with E-state index in [-0.39, 0.29) is 11.6 Å². The van der Waals surface area contributed by atoms with Crippen LogP contribution in [-0.2, 0) is 4.79 Å². The lowest BCUT2D eigenvalue weighted by molar-refractivity contribution is -0.118. The predicted octanol–water partition coefficient (Wildman–Crippen LogP) is 4.41. The van der Waals surface area contributed by atoms with Crippen LogP contribution < -0.4 is 4.74 Å². The van der Waals surface area contributed by atoms with Crippen molar-refractivity contribution in [3.05, 3.63) is 48.3 Å². The van der Waals surface area contributed by atoms with E-state index in [4.69, 9.17) is 4.74 Å². The van der Waals surface area contributed by atoms with Gasteiger partial charge in [0.25, 0.3) is 0 Å². The van der Waals surface area contributed by atoms with Gasteiger partial charge in [-0.3, -0.25) is 9.69 Å². The number of hydrogen-bond acceptors (Lipinski definition) is 3. The molecule has 156 valence electrons. The summed E-state index contributed by atoms with van der Waals surface area (Å²) in [7, 11) is 0. The van der Waals surface area contributed by atoms with Gasteiger partial charge in [0, 0.05) is 43.3 Å². The summed E-state index contributed by atoms with van der Waals surface area (Å²) in [6.07, 6.45) is 9.78. The zero-order chi connectivity index (χ0) is 20.4. The van der Waals surface area contributed by atoms with Gasteiger partial charge in [-0.05, 0) is 82.3 Å². The fourth-order valence-corrected chi connectivity index (χ4v) is 4.58. The number of amides is 1. The third-order valence-corrected chi connectivity index (χ3v) is 6.36. The van der Waals surface area contributed by atoms with E-state index in [0.29, 0.717) is 6.10 Å². The molecule has 0 saturated carbocycles. The van der Waals surface area contributed by atoms with Gasteiger partial charge < -0.3 is 14.2 Å². The van der Waals surface area contributed by atoms with Crippen LogP contribution >= 0.6 is 0 Å². The predicted molar refractivity (Wildman–Crippen MR) is 115 cm³/mol. The maximum Gasteiger partial charge on any atom is 0.210 e. The van der Waals surface area contributed by atoms with Gasteiger partial charge in [0.15, 0.2) is 0 Å². The van der Waals surface area contributed by atoms with Crippen molar-refractivity contribution in [3.63, 3.8) is 0 Å². The van der Waals surface area contributed by atoms with Crippen LogP contribution in [0.4, 0.5) is 0 Å². The fraction of sp³-hybridized carbons (Fsp3) is 0.542. The zero-order valence-corrected chi connectivity index (χ0v) is 17.9. The standard InChI is InChI=1S/C24H33N3O2/c1-24(2,3)27-15-11-22(12-16-27)29-21-8-6-20(7-9-21)25-14-10-19(17-25)23-5-4-13-26(23)18-28/h6-10,14,17-18,22-23H,4-5,11-13,15-16H2,1-3H3. The number of carbonyl (C=O) groups excluding carboxylic acids is 1. The first-order chi connectivity index (χ1) is 13.9. The zero-order valence-electron chi connectivity index (χ0n) is 17.9. The van der Waals surface area contributed by atoms with Crippen molar-refractivity contribution in [2.75, 3.05) is 19.6 Å². The molecule has 5 heteroatoms. The molecule has 2 aromatic rings. The largest absolute Gasteiger partial charge is 0.490 e. The number of piperidine rings is 1. The Balaban J connectivity index is 1.36. The van der Waals surface area contributed by atoms with Gasteiger partial charge in [0.05, 0.1) is 6.04 Å². The first kappa shape index (κ1) is 20.0. The third kappa shape index (κ3) is 4.50. The SMILES string of the molecule is CC(C)(C)N1CCC(Oc2ccc(-n3ccc(C4CCCN4C=O)c3)cc2)CC1. The Kier molecular flexibility index (Phi) is 5.68. The molecule has 0 bridgehead atoms. The first-order valence-corrected chi connectivity index (χ1v) is 10.8. The summed E-state index contributed by atoms with van der Waals surface area (Å²) >= 11 is 0. The summed E-state index contributed by atoms with van der Waals surface area (Å²) in [4.78, 5) is 15.7. The van der Waals surface area contributed by atoms with Crippen LogP contribution in [-0.4, -0.2) is 52.1 Å². The van der Waals surface area contributed by atoms with E-state index < -0.39 is 0 Å². The molecule has 4 rings (SSSR count). The van der Waals surface area contributed by atoms with Crippen LogP contribution in [0.25, 0.3) is 5.69 Å². The average Bonchev–Trinajstić information content (AvgIpc) is 3.37. The van der Waals surface area contributed by atoms with E-state index in [1.54, 1.807) is 0 Å². The number of aromatic nitrogens is 1. The lowest BCUT2D eigenvalue weighted by Crippen LogP contribution is -2.48. The summed E-state index contributed by atoms with van der Waals surface area (Å²) in [5.41, 5.74) is 2.56. The Labute approximate surface area is 174 Å². The number of hydrogen-bond donors (Lipinski definition) is 0. The van der Waals surface area contributed by atoms with Gasteiger partial charge >= 0.3 is 0 Å². The van der Waals surface area contributed by atoms with Crippen molar-refractivity contribution in [2.24, 2.45) is 0 Å². The topological polar surface area (TPSA) is 37.7 Å². The number of benzene rings is 1. The maximum atomic E-state index is 11.2. The van der Waals surface area contributed by atoms with Gasteiger partial charge in [-0.15, -0.1) is 0 Å². The highest BCUT2D eigenvalue weighted by Crippen LogP contribution is 2.31. The minimum absolute atomic E-state index is 0.218. The maximum absolute atomic E-state index is 11.2. The average molecular weight is 396 g/mol. The minimum atomic E-state index is 0.218. The lowest BCUT2D eigenvalue weighted by Gasteiger charge is -2.40. The van der Waals surface area contributed by atoms with E-state index in [1.165, 1.54) is 5.56 Å². The highest BCUT2D eigenvalue weighted by atomic mass is 16.5. The molecular formula is C24H33N3O2. The molecule has 1 amide bonds. The summed E-state index contributed by atoms with van der Waals surface area (Å²) in [6.45, 7) is 9.89. The number of ether oxygens (including phenoxy) is 1. The van der Waals surface area contributed by atoms with Crippen LogP contribution in [0.5, 0.6) is 5.75 Å². The van der Waals surface area contributed by atoms with Crippen molar-refractivity contribution in [3.8, 4) is 11.4 Å². The van der Waals surface area contributed by atoms with Gasteiger partial charge in [-0.25, -0.2) is 0 Å². The van der Waals surface area contributed by atoms with Crippen molar-refractivity contribution >= 4 is 6.41 Å². The van der Waals surface area contributed by atoms with Crippen molar-refractivity contribution in [2.45, 2.75) is 64.1 Å². The Morgan fingerprint density at radius 3 is 2.38 bits per heavy atom. The minimum Gasteiger partial charge on any atom is -0.490 e. The Morgan fingerprint density at radius 1 is 1.00 bits per heavy atom. The van der Waals surface area contributed by atoms with Crippen LogP contribution in [0.15, 0.2) is 42.7 Å². The van der Waals surface area contributed by atoms with Crippen LogP contribution in [0.2, 0.25) is 0 Å². The van der Waals surface area contributed by atoms with Gasteiger partial charge in [-0.2, -0.15) is 0 Å².